The molecule has 0 radical (unpaired) electrons. The molecular formula is C15H22F10O. The van der Waals surface area contributed by atoms with Gasteiger partial charge in [-0.05, 0) is 0 Å². The van der Waals surface area contributed by atoms with E-state index in [1.807, 2.05) is 0 Å². The molecule has 0 amide bonds. The Morgan fingerprint density at radius 3 is 1.23 bits per heavy atom. The molecule has 26 heavy (non-hydrogen) atoms. The summed E-state index contributed by atoms with van der Waals surface area (Å²) in [5, 5.41) is 0. The molecule has 0 aliphatic carbocycles. The van der Waals surface area contributed by atoms with Gasteiger partial charge in [0.05, 0.1) is 0 Å². The Balaban J connectivity index is 5.75. The summed E-state index contributed by atoms with van der Waals surface area (Å²) in [4.78, 5) is 0. The van der Waals surface area contributed by atoms with Crippen molar-refractivity contribution >= 4 is 0 Å². The molecule has 0 saturated carbocycles. The first-order chi connectivity index (χ1) is 10.9. The minimum absolute atomic E-state index is 0.813. The van der Waals surface area contributed by atoms with Crippen molar-refractivity contribution in [2.75, 3.05) is 0 Å². The van der Waals surface area contributed by atoms with Gasteiger partial charge in [0.25, 0.3) is 5.85 Å². The van der Waals surface area contributed by atoms with E-state index in [0.29, 0.717) is 0 Å². The van der Waals surface area contributed by atoms with Gasteiger partial charge in [0.15, 0.2) is 0 Å². The van der Waals surface area contributed by atoms with Crippen LogP contribution in [0.2, 0.25) is 0 Å². The zero-order valence-electron chi connectivity index (χ0n) is 15.1. The normalized spacial score (nSPS) is 18.0. The van der Waals surface area contributed by atoms with Crippen LogP contribution >= 0.6 is 0 Å². The van der Waals surface area contributed by atoms with E-state index in [4.69, 9.17) is 0 Å². The topological polar surface area (TPSA) is 9.23 Å². The predicted octanol–water partition coefficient (Wildman–Crippen LogP) is 6.97. The lowest BCUT2D eigenvalue weighted by Crippen LogP contribution is -2.63. The molecule has 158 valence electrons. The maximum absolute atomic E-state index is 15.1. The summed E-state index contributed by atoms with van der Waals surface area (Å²) < 4.78 is 137. The van der Waals surface area contributed by atoms with Crippen molar-refractivity contribution in [1.82, 2.24) is 0 Å². The summed E-state index contributed by atoms with van der Waals surface area (Å²) in [6.07, 6.45) is -15.9. The highest BCUT2D eigenvalue weighted by Crippen LogP contribution is 2.56. The molecule has 0 rings (SSSR count). The standard InChI is InChI=1S/C15H22F10O/c1-9(2,3)13(20,21)14(22,10(4,5)6)26-12(18,19)8-7-11(16,17)15(23,24)25/h7-8H2,1-6H3. The molecule has 0 saturated heterocycles. The molecule has 0 bridgehead atoms. The van der Waals surface area contributed by atoms with Crippen molar-refractivity contribution in [2.24, 2.45) is 10.8 Å². The fourth-order valence-corrected chi connectivity index (χ4v) is 1.87. The molecular weight excluding hydrogens is 386 g/mol. The lowest BCUT2D eigenvalue weighted by Gasteiger charge is -2.48. The Morgan fingerprint density at radius 1 is 0.577 bits per heavy atom. The van der Waals surface area contributed by atoms with Crippen molar-refractivity contribution in [2.45, 2.75) is 84.4 Å². The number of rotatable bonds is 6. The van der Waals surface area contributed by atoms with Crippen LogP contribution in [0, 0.1) is 10.8 Å². The smallest absolute Gasteiger partial charge is 0.276 e. The molecule has 0 N–H and O–H groups in total. The molecule has 0 aliphatic heterocycles. The van der Waals surface area contributed by atoms with E-state index in [-0.39, 0.29) is 0 Å². The van der Waals surface area contributed by atoms with Gasteiger partial charge >= 0.3 is 24.1 Å². The van der Waals surface area contributed by atoms with Gasteiger partial charge in [0, 0.05) is 23.7 Å². The lowest BCUT2D eigenvalue weighted by atomic mass is 9.73. The van der Waals surface area contributed by atoms with E-state index in [0.717, 1.165) is 41.5 Å². The summed E-state index contributed by atoms with van der Waals surface area (Å²) in [5.41, 5.74) is -4.49. The third kappa shape index (κ3) is 4.95. The average Bonchev–Trinajstić information content (AvgIpc) is 2.31. The Kier molecular flexibility index (Phi) is 6.51. The highest BCUT2D eigenvalue weighted by Gasteiger charge is 2.71. The molecule has 0 heterocycles. The average molecular weight is 408 g/mol. The van der Waals surface area contributed by atoms with E-state index in [1.54, 1.807) is 0 Å². The van der Waals surface area contributed by atoms with Crippen LogP contribution < -0.4 is 0 Å². The number of halogens is 10. The van der Waals surface area contributed by atoms with Gasteiger partial charge in [-0.25, -0.2) is 4.39 Å². The van der Waals surface area contributed by atoms with E-state index in [1.165, 1.54) is 0 Å². The fraction of sp³-hybridized carbons (Fsp3) is 1.00. The van der Waals surface area contributed by atoms with Crippen molar-refractivity contribution in [3.63, 3.8) is 0 Å². The summed E-state index contributed by atoms with van der Waals surface area (Å²) >= 11 is 0. The highest BCUT2D eigenvalue weighted by molar-refractivity contribution is 5.02. The van der Waals surface area contributed by atoms with E-state index < -0.39 is 53.7 Å². The van der Waals surface area contributed by atoms with Gasteiger partial charge in [0.1, 0.15) is 0 Å². The second-order valence-corrected chi connectivity index (χ2v) is 8.11. The summed E-state index contributed by atoms with van der Waals surface area (Å²) in [5.74, 6) is -14.4. The summed E-state index contributed by atoms with van der Waals surface area (Å²) in [6, 6.07) is 0. The van der Waals surface area contributed by atoms with Crippen LogP contribution in [0.3, 0.4) is 0 Å². The molecule has 0 aromatic heterocycles. The van der Waals surface area contributed by atoms with Crippen LogP contribution in [0.5, 0.6) is 0 Å². The predicted molar refractivity (Wildman–Crippen MR) is 74.0 cm³/mol. The third-order valence-corrected chi connectivity index (χ3v) is 3.75. The second kappa shape index (κ2) is 6.70. The largest absolute Gasteiger partial charge is 0.453 e. The van der Waals surface area contributed by atoms with Crippen molar-refractivity contribution in [3.8, 4) is 0 Å². The number of hydrogen-bond acceptors (Lipinski definition) is 1. The maximum Gasteiger partial charge on any atom is 0.453 e. The molecule has 0 aromatic carbocycles. The van der Waals surface area contributed by atoms with Gasteiger partial charge in [0.2, 0.25) is 0 Å². The van der Waals surface area contributed by atoms with Crippen LogP contribution in [0.4, 0.5) is 43.9 Å². The molecule has 1 atom stereocenters. The van der Waals surface area contributed by atoms with E-state index in [9.17, 15) is 39.5 Å². The van der Waals surface area contributed by atoms with E-state index >= 15 is 4.39 Å². The van der Waals surface area contributed by atoms with Crippen LogP contribution in [0.15, 0.2) is 0 Å². The zero-order chi connectivity index (χ0) is 21.6. The Bertz CT molecular complexity index is 484. The first-order valence-electron chi connectivity index (χ1n) is 7.51. The number of hydrogen-bond donors (Lipinski definition) is 0. The minimum Gasteiger partial charge on any atom is -0.276 e. The van der Waals surface area contributed by atoms with Crippen molar-refractivity contribution in [3.05, 3.63) is 0 Å². The van der Waals surface area contributed by atoms with Crippen LogP contribution in [-0.4, -0.2) is 30.0 Å². The Hall–Kier alpha value is -0.740. The summed E-state index contributed by atoms with van der Waals surface area (Å²) in [7, 11) is 0. The van der Waals surface area contributed by atoms with Gasteiger partial charge in [-0.2, -0.15) is 39.5 Å². The van der Waals surface area contributed by atoms with Crippen LogP contribution in [-0.2, 0) is 4.74 Å². The zero-order valence-corrected chi connectivity index (χ0v) is 15.1. The number of alkyl halides is 10. The van der Waals surface area contributed by atoms with Crippen LogP contribution in [0.1, 0.15) is 54.4 Å². The minimum atomic E-state index is -6.12. The van der Waals surface area contributed by atoms with Gasteiger partial charge in [-0.1, -0.05) is 41.5 Å². The molecule has 1 unspecified atom stereocenters. The lowest BCUT2D eigenvalue weighted by molar-refractivity contribution is -0.429. The van der Waals surface area contributed by atoms with Gasteiger partial charge in [-0.15, -0.1) is 0 Å². The monoisotopic (exact) mass is 408 g/mol. The molecule has 0 aromatic rings. The molecule has 1 nitrogen and oxygen atoms in total. The Morgan fingerprint density at radius 2 is 0.962 bits per heavy atom. The highest BCUT2D eigenvalue weighted by atomic mass is 19.4. The molecule has 0 fully saturated rings. The molecule has 11 heteroatoms. The second-order valence-electron chi connectivity index (χ2n) is 8.11. The van der Waals surface area contributed by atoms with Crippen molar-refractivity contribution < 1.29 is 48.6 Å². The molecule has 0 aliphatic rings. The first kappa shape index (κ1) is 25.3. The van der Waals surface area contributed by atoms with Crippen LogP contribution in [0.25, 0.3) is 0 Å². The summed E-state index contributed by atoms with van der Waals surface area (Å²) in [6.45, 7) is 4.96. The maximum atomic E-state index is 15.1. The first-order valence-corrected chi connectivity index (χ1v) is 7.51. The Labute approximate surface area is 145 Å². The van der Waals surface area contributed by atoms with Gasteiger partial charge < -0.3 is 0 Å². The number of ether oxygens (including phenoxy) is 1. The van der Waals surface area contributed by atoms with Gasteiger partial charge in [-0.3, -0.25) is 4.74 Å². The molecule has 0 spiro atoms. The fourth-order valence-electron chi connectivity index (χ4n) is 1.87. The third-order valence-electron chi connectivity index (χ3n) is 3.75. The quantitative estimate of drug-likeness (QED) is 0.432. The van der Waals surface area contributed by atoms with Crippen molar-refractivity contribution in [1.29, 1.82) is 0 Å². The SMILES string of the molecule is CC(C)(C)C(F)(F)C(F)(OC(F)(F)CCC(F)(F)C(F)(F)F)C(C)(C)C. The van der Waals surface area contributed by atoms with E-state index in [2.05, 4.69) is 4.74 Å².